The monoisotopic (exact) mass is 327 g/mol. The van der Waals surface area contributed by atoms with E-state index in [4.69, 9.17) is 17.3 Å². The average Bonchev–Trinajstić information content (AvgIpc) is 2.43. The molecule has 0 aliphatic rings. The number of rotatable bonds is 5. The summed E-state index contributed by atoms with van der Waals surface area (Å²) < 4.78 is 38.2. The van der Waals surface area contributed by atoms with Gasteiger partial charge >= 0.3 is 0 Å². The van der Waals surface area contributed by atoms with Gasteiger partial charge in [0.2, 0.25) is 0 Å². The van der Waals surface area contributed by atoms with Crippen LogP contribution in [0, 0.1) is 5.82 Å². The van der Waals surface area contributed by atoms with E-state index >= 15 is 0 Å². The van der Waals surface area contributed by atoms with Crippen molar-refractivity contribution in [2.45, 2.75) is 18.1 Å². The fourth-order valence-corrected chi connectivity index (χ4v) is 3.79. The lowest BCUT2D eigenvalue weighted by atomic mass is 10.1. The second-order valence-corrected chi connectivity index (χ2v) is 7.23. The van der Waals surface area contributed by atoms with E-state index in [1.807, 2.05) is 0 Å². The molecule has 0 bridgehead atoms. The third-order valence-corrected chi connectivity index (χ3v) is 4.93. The van der Waals surface area contributed by atoms with Crippen LogP contribution in [0.15, 0.2) is 42.5 Å². The van der Waals surface area contributed by atoms with E-state index in [9.17, 15) is 12.8 Å². The minimum Gasteiger partial charge on any atom is -0.326 e. The minimum atomic E-state index is -3.51. The smallest absolute Gasteiger partial charge is 0.158 e. The van der Waals surface area contributed by atoms with Crippen LogP contribution in [0.3, 0.4) is 0 Å². The quantitative estimate of drug-likeness (QED) is 0.918. The van der Waals surface area contributed by atoms with Crippen molar-refractivity contribution in [3.63, 3.8) is 0 Å². The highest BCUT2D eigenvalue weighted by Gasteiger charge is 2.17. The molecule has 0 unspecified atom stereocenters. The number of hydrogen-bond donors (Lipinski definition) is 1. The molecule has 0 amide bonds. The van der Waals surface area contributed by atoms with Crippen LogP contribution in [0.25, 0.3) is 0 Å². The van der Waals surface area contributed by atoms with Gasteiger partial charge in [0.25, 0.3) is 0 Å². The summed E-state index contributed by atoms with van der Waals surface area (Å²) >= 11 is 5.95. The third kappa shape index (κ3) is 4.27. The molecule has 112 valence electrons. The molecule has 0 saturated heterocycles. The van der Waals surface area contributed by atoms with Crippen molar-refractivity contribution in [2.24, 2.45) is 5.73 Å². The Bertz CT molecular complexity index is 747. The first-order chi connectivity index (χ1) is 9.91. The Hall–Kier alpha value is -1.43. The molecule has 0 aromatic heterocycles. The Morgan fingerprint density at radius 1 is 1.05 bits per heavy atom. The van der Waals surface area contributed by atoms with Crippen molar-refractivity contribution in [1.82, 2.24) is 0 Å². The van der Waals surface area contributed by atoms with Crippen LogP contribution in [-0.4, -0.2) is 8.42 Å². The normalized spacial score (nSPS) is 11.6. The molecular formula is C15H15ClFNO2S. The summed E-state index contributed by atoms with van der Waals surface area (Å²) in [5.74, 6) is -1.14. The average molecular weight is 328 g/mol. The van der Waals surface area contributed by atoms with E-state index in [0.717, 1.165) is 0 Å². The summed E-state index contributed by atoms with van der Waals surface area (Å²) in [5, 5.41) is 0.389. The van der Waals surface area contributed by atoms with Crippen molar-refractivity contribution in [3.05, 3.63) is 70.0 Å². The summed E-state index contributed by atoms with van der Waals surface area (Å²) in [7, 11) is -3.51. The molecule has 0 spiro atoms. The van der Waals surface area contributed by atoms with E-state index in [0.29, 0.717) is 16.1 Å². The van der Waals surface area contributed by atoms with Gasteiger partial charge in [0.1, 0.15) is 5.82 Å². The maximum Gasteiger partial charge on any atom is 0.158 e. The summed E-state index contributed by atoms with van der Waals surface area (Å²) in [6, 6.07) is 11.1. The number of halogens is 2. The van der Waals surface area contributed by atoms with Crippen LogP contribution in [0.1, 0.15) is 16.7 Å². The van der Waals surface area contributed by atoms with Gasteiger partial charge in [0, 0.05) is 17.1 Å². The van der Waals surface area contributed by atoms with E-state index in [-0.39, 0.29) is 23.6 Å². The summed E-state index contributed by atoms with van der Waals surface area (Å²) in [5.41, 5.74) is 6.69. The van der Waals surface area contributed by atoms with Crippen molar-refractivity contribution in [3.8, 4) is 0 Å². The molecule has 0 atom stereocenters. The topological polar surface area (TPSA) is 60.2 Å². The zero-order valence-electron chi connectivity index (χ0n) is 11.2. The van der Waals surface area contributed by atoms with Gasteiger partial charge in [-0.15, -0.1) is 0 Å². The maximum atomic E-state index is 13.8. The van der Waals surface area contributed by atoms with Crippen LogP contribution < -0.4 is 5.73 Å². The molecule has 0 aliphatic heterocycles. The number of nitrogens with two attached hydrogens (primary N) is 1. The Labute approximate surface area is 128 Å². The molecule has 0 heterocycles. The lowest BCUT2D eigenvalue weighted by molar-refractivity contribution is 0.586. The first-order valence-corrected chi connectivity index (χ1v) is 8.52. The predicted octanol–water partition coefficient (Wildman–Crippen LogP) is 3.05. The Morgan fingerprint density at radius 2 is 1.71 bits per heavy atom. The number of hydrogen-bond acceptors (Lipinski definition) is 3. The second kappa shape index (κ2) is 6.56. The highest BCUT2D eigenvalue weighted by Crippen LogP contribution is 2.21. The Balaban J connectivity index is 2.20. The molecule has 3 nitrogen and oxygen atoms in total. The van der Waals surface area contributed by atoms with E-state index in [2.05, 4.69) is 0 Å². The highest BCUT2D eigenvalue weighted by molar-refractivity contribution is 7.89. The molecule has 2 aromatic rings. The van der Waals surface area contributed by atoms with Crippen molar-refractivity contribution < 1.29 is 12.8 Å². The highest BCUT2D eigenvalue weighted by atomic mass is 35.5. The molecule has 0 saturated carbocycles. The SMILES string of the molecule is NCc1ccc(CS(=O)(=O)Cc2ccccc2Cl)c(F)c1. The van der Waals surface area contributed by atoms with Gasteiger partial charge in [0.15, 0.2) is 9.84 Å². The van der Waals surface area contributed by atoms with E-state index in [1.165, 1.54) is 12.1 Å². The maximum absolute atomic E-state index is 13.8. The van der Waals surface area contributed by atoms with Crippen LogP contribution in [0.5, 0.6) is 0 Å². The molecule has 2 rings (SSSR count). The zero-order valence-corrected chi connectivity index (χ0v) is 12.8. The molecule has 21 heavy (non-hydrogen) atoms. The number of sulfone groups is 1. The molecular weight excluding hydrogens is 313 g/mol. The van der Waals surface area contributed by atoms with Crippen LogP contribution in [-0.2, 0) is 27.9 Å². The standard InChI is InChI=1S/C15H15ClFNO2S/c16-14-4-2-1-3-12(14)9-21(19,20)10-13-6-5-11(8-18)7-15(13)17/h1-7H,8-10,18H2. The molecule has 6 heteroatoms. The molecule has 0 fully saturated rings. The second-order valence-electron chi connectivity index (χ2n) is 4.75. The Kier molecular flexibility index (Phi) is 4.98. The molecule has 2 aromatic carbocycles. The first-order valence-electron chi connectivity index (χ1n) is 6.32. The lowest BCUT2D eigenvalue weighted by Gasteiger charge is -2.08. The fourth-order valence-electron chi connectivity index (χ4n) is 1.98. The molecule has 2 N–H and O–H groups in total. The number of benzene rings is 2. The van der Waals surface area contributed by atoms with Gasteiger partial charge in [-0.1, -0.05) is 41.9 Å². The Morgan fingerprint density at radius 3 is 2.33 bits per heavy atom. The van der Waals surface area contributed by atoms with Gasteiger partial charge in [-0.25, -0.2) is 12.8 Å². The first kappa shape index (κ1) is 15.9. The largest absolute Gasteiger partial charge is 0.326 e. The van der Waals surface area contributed by atoms with Gasteiger partial charge in [-0.2, -0.15) is 0 Å². The fraction of sp³-hybridized carbons (Fsp3) is 0.200. The summed E-state index contributed by atoms with van der Waals surface area (Å²) in [6.45, 7) is 0.212. The van der Waals surface area contributed by atoms with Crippen molar-refractivity contribution in [1.29, 1.82) is 0 Å². The van der Waals surface area contributed by atoms with Crippen molar-refractivity contribution >= 4 is 21.4 Å². The summed E-state index contributed by atoms with van der Waals surface area (Å²) in [4.78, 5) is 0. The van der Waals surface area contributed by atoms with Gasteiger partial charge in [0.05, 0.1) is 11.5 Å². The third-order valence-electron chi connectivity index (χ3n) is 3.06. The van der Waals surface area contributed by atoms with Gasteiger partial charge in [-0.05, 0) is 23.3 Å². The van der Waals surface area contributed by atoms with Crippen LogP contribution in [0.4, 0.5) is 4.39 Å². The van der Waals surface area contributed by atoms with Crippen molar-refractivity contribution in [2.75, 3.05) is 0 Å². The van der Waals surface area contributed by atoms with Crippen LogP contribution in [0.2, 0.25) is 5.02 Å². The molecule has 0 radical (unpaired) electrons. The minimum absolute atomic E-state index is 0.138. The predicted molar refractivity (Wildman–Crippen MR) is 82.1 cm³/mol. The molecule has 0 aliphatic carbocycles. The van der Waals surface area contributed by atoms with E-state index in [1.54, 1.807) is 30.3 Å². The summed E-state index contributed by atoms with van der Waals surface area (Å²) in [6.07, 6.45) is 0. The van der Waals surface area contributed by atoms with Gasteiger partial charge in [-0.3, -0.25) is 0 Å². The van der Waals surface area contributed by atoms with Gasteiger partial charge < -0.3 is 5.73 Å². The van der Waals surface area contributed by atoms with Crippen LogP contribution >= 0.6 is 11.6 Å². The van der Waals surface area contributed by atoms with E-state index < -0.39 is 15.7 Å². The zero-order chi connectivity index (χ0) is 15.5. The lowest BCUT2D eigenvalue weighted by Crippen LogP contribution is -2.10.